The Kier molecular flexibility index (Phi) is 5.20. The van der Waals surface area contributed by atoms with Gasteiger partial charge in [0.2, 0.25) is 0 Å². The molecule has 0 bridgehead atoms. The topological polar surface area (TPSA) is 3.24 Å². The molecule has 0 saturated carbocycles. The first-order chi connectivity index (χ1) is 12.1. The van der Waals surface area contributed by atoms with Crippen molar-refractivity contribution in [2.45, 2.75) is 19.6 Å². The van der Waals surface area contributed by atoms with E-state index in [2.05, 4.69) is 115 Å². The van der Waals surface area contributed by atoms with E-state index < -0.39 is 8.24 Å². The van der Waals surface area contributed by atoms with Crippen LogP contribution >= 0.6 is 0 Å². The molecule has 0 aromatic heterocycles. The fraction of sp³-hybridized carbons (Fsp3) is 0.130. The molecule has 0 fully saturated rings. The molecule has 0 N–H and O–H groups in total. The lowest BCUT2D eigenvalue weighted by Crippen LogP contribution is -2.56. The van der Waals surface area contributed by atoms with E-state index >= 15 is 0 Å². The maximum Gasteiger partial charge on any atom is 0.182 e. The average molecular weight is 344 g/mol. The Bertz CT molecular complexity index is 810. The Morgan fingerprint density at radius 3 is 1.80 bits per heavy atom. The van der Waals surface area contributed by atoms with Crippen molar-refractivity contribution in [3.63, 3.8) is 0 Å². The molecule has 0 spiro atoms. The van der Waals surface area contributed by atoms with Crippen molar-refractivity contribution in [3.8, 4) is 0 Å². The lowest BCUT2D eigenvalue weighted by molar-refractivity contribution is 0.587. The van der Waals surface area contributed by atoms with E-state index in [-0.39, 0.29) is 0 Å². The third-order valence-corrected chi connectivity index (χ3v) is 8.30. The van der Waals surface area contributed by atoms with Gasteiger partial charge in [-0.3, -0.25) is 0 Å². The first-order valence-corrected chi connectivity index (χ1v) is 11.6. The average Bonchev–Trinajstić information content (AvgIpc) is 2.67. The quantitative estimate of drug-likeness (QED) is 0.551. The van der Waals surface area contributed by atoms with Gasteiger partial charge in [0.1, 0.15) is 0 Å². The summed E-state index contributed by atoms with van der Waals surface area (Å²) in [4.78, 5) is 0. The predicted molar refractivity (Wildman–Crippen MR) is 111 cm³/mol. The number of hydrogen-bond acceptors (Lipinski definition) is 1. The van der Waals surface area contributed by atoms with Gasteiger partial charge in [-0.2, -0.15) is 0 Å². The fourth-order valence-electron chi connectivity index (χ4n) is 3.18. The lowest BCUT2D eigenvalue weighted by Gasteiger charge is -2.41. The Morgan fingerprint density at radius 2 is 1.24 bits per heavy atom. The number of nitrogens with zero attached hydrogens (tertiary/aromatic N) is 1. The number of rotatable bonds is 6. The molecule has 0 amide bonds. The van der Waals surface area contributed by atoms with Crippen LogP contribution in [0.15, 0.2) is 97.6 Å². The van der Waals surface area contributed by atoms with Gasteiger partial charge in [0, 0.05) is 12.2 Å². The highest BCUT2D eigenvalue weighted by molar-refractivity contribution is 6.88. The summed E-state index contributed by atoms with van der Waals surface area (Å²) in [6, 6.07) is 32.0. The summed E-state index contributed by atoms with van der Waals surface area (Å²) in [6.07, 6.45) is 0. The van der Waals surface area contributed by atoms with E-state index in [1.807, 2.05) is 0 Å². The van der Waals surface area contributed by atoms with Crippen molar-refractivity contribution in [1.82, 2.24) is 4.57 Å². The molecule has 3 aromatic carbocycles. The van der Waals surface area contributed by atoms with Gasteiger partial charge >= 0.3 is 0 Å². The van der Waals surface area contributed by atoms with Crippen LogP contribution in [0.25, 0.3) is 5.70 Å². The summed E-state index contributed by atoms with van der Waals surface area (Å²) in [5, 5.41) is 1.42. The maximum absolute atomic E-state index is 4.47. The lowest BCUT2D eigenvalue weighted by atomic mass is 10.1. The molecule has 2 heteroatoms. The molecular weight excluding hydrogens is 318 g/mol. The van der Waals surface area contributed by atoms with E-state index in [4.69, 9.17) is 0 Å². The van der Waals surface area contributed by atoms with Gasteiger partial charge in [0.15, 0.2) is 8.24 Å². The summed E-state index contributed by atoms with van der Waals surface area (Å²) in [5.74, 6) is 0. The second-order valence-corrected chi connectivity index (χ2v) is 11.0. The third kappa shape index (κ3) is 3.91. The minimum Gasteiger partial charge on any atom is -0.390 e. The molecule has 0 saturated heterocycles. The molecule has 0 aliphatic heterocycles. The molecule has 0 aliphatic rings. The molecular formula is C23H25NSi. The summed E-state index contributed by atoms with van der Waals surface area (Å²) in [5.41, 5.74) is 3.61. The number of hydrogen-bond donors (Lipinski definition) is 0. The van der Waals surface area contributed by atoms with Crippen LogP contribution in [0.2, 0.25) is 13.1 Å². The van der Waals surface area contributed by atoms with Gasteiger partial charge in [0.25, 0.3) is 0 Å². The SMILES string of the molecule is C=C(c1ccccc1)N(Cc1ccccc1)[Si](C)(C)c1ccccc1. The Morgan fingerprint density at radius 1 is 0.760 bits per heavy atom. The monoisotopic (exact) mass is 343 g/mol. The van der Waals surface area contributed by atoms with Crippen LogP contribution < -0.4 is 5.19 Å². The van der Waals surface area contributed by atoms with E-state index in [9.17, 15) is 0 Å². The standard InChI is InChI=1S/C23H25NSi/c1-20(22-15-9-5-10-16-22)24(19-21-13-7-4-8-14-21)25(2,3)23-17-11-6-12-18-23/h4-18H,1,19H2,2-3H3. The molecule has 3 aromatic rings. The van der Waals surface area contributed by atoms with Crippen molar-refractivity contribution < 1.29 is 0 Å². The first kappa shape index (κ1) is 17.2. The highest BCUT2D eigenvalue weighted by Crippen LogP contribution is 2.26. The van der Waals surface area contributed by atoms with E-state index in [0.717, 1.165) is 12.2 Å². The summed E-state index contributed by atoms with van der Waals surface area (Å²) >= 11 is 0. The molecule has 0 heterocycles. The van der Waals surface area contributed by atoms with Crippen molar-refractivity contribution in [2.75, 3.05) is 0 Å². The maximum atomic E-state index is 4.47. The van der Waals surface area contributed by atoms with Gasteiger partial charge in [0.05, 0.1) is 0 Å². The van der Waals surface area contributed by atoms with Crippen LogP contribution in [-0.4, -0.2) is 12.8 Å². The van der Waals surface area contributed by atoms with Gasteiger partial charge < -0.3 is 4.57 Å². The molecule has 0 atom stereocenters. The fourth-order valence-corrected chi connectivity index (χ4v) is 5.89. The second kappa shape index (κ2) is 7.54. The molecule has 25 heavy (non-hydrogen) atoms. The van der Waals surface area contributed by atoms with Crippen molar-refractivity contribution >= 4 is 19.1 Å². The second-order valence-electron chi connectivity index (χ2n) is 6.81. The van der Waals surface area contributed by atoms with E-state index in [1.165, 1.54) is 16.3 Å². The van der Waals surface area contributed by atoms with Crippen LogP contribution in [0, 0.1) is 0 Å². The van der Waals surface area contributed by atoms with Crippen LogP contribution in [0.5, 0.6) is 0 Å². The molecule has 1 nitrogen and oxygen atoms in total. The number of benzene rings is 3. The van der Waals surface area contributed by atoms with Crippen LogP contribution in [0.1, 0.15) is 11.1 Å². The van der Waals surface area contributed by atoms with Crippen molar-refractivity contribution in [1.29, 1.82) is 0 Å². The normalized spacial score (nSPS) is 11.1. The molecule has 0 radical (unpaired) electrons. The summed E-state index contributed by atoms with van der Waals surface area (Å²) in [7, 11) is -1.90. The molecule has 3 rings (SSSR count). The van der Waals surface area contributed by atoms with Gasteiger partial charge in [-0.15, -0.1) is 0 Å². The highest BCUT2D eigenvalue weighted by Gasteiger charge is 2.33. The largest absolute Gasteiger partial charge is 0.390 e. The third-order valence-electron chi connectivity index (χ3n) is 4.77. The van der Waals surface area contributed by atoms with E-state index in [1.54, 1.807) is 0 Å². The summed E-state index contributed by atoms with van der Waals surface area (Å²) < 4.78 is 2.53. The van der Waals surface area contributed by atoms with Crippen LogP contribution in [0.4, 0.5) is 0 Å². The molecule has 0 aliphatic carbocycles. The van der Waals surface area contributed by atoms with Crippen molar-refractivity contribution in [3.05, 3.63) is 109 Å². The molecule has 126 valence electrons. The van der Waals surface area contributed by atoms with Gasteiger partial charge in [-0.05, 0) is 29.4 Å². The van der Waals surface area contributed by atoms with E-state index in [0.29, 0.717) is 0 Å². The Hall–Kier alpha value is -2.58. The Labute approximate surface area is 152 Å². The minimum absolute atomic E-state index is 0.878. The van der Waals surface area contributed by atoms with Crippen LogP contribution in [0.3, 0.4) is 0 Å². The predicted octanol–water partition coefficient (Wildman–Crippen LogP) is 5.27. The molecule has 0 unspecified atom stereocenters. The van der Waals surface area contributed by atoms with Gasteiger partial charge in [-0.25, -0.2) is 0 Å². The highest BCUT2D eigenvalue weighted by atomic mass is 28.3. The van der Waals surface area contributed by atoms with Crippen molar-refractivity contribution in [2.24, 2.45) is 0 Å². The van der Waals surface area contributed by atoms with Crippen LogP contribution in [-0.2, 0) is 6.54 Å². The Balaban J connectivity index is 2.01. The zero-order chi connectivity index (χ0) is 17.7. The smallest absolute Gasteiger partial charge is 0.182 e. The van der Waals surface area contributed by atoms with Gasteiger partial charge in [-0.1, -0.05) is 97.6 Å². The zero-order valence-corrected chi connectivity index (χ0v) is 16.0. The minimum atomic E-state index is -1.90. The summed E-state index contributed by atoms with van der Waals surface area (Å²) in [6.45, 7) is 10.2. The zero-order valence-electron chi connectivity index (χ0n) is 15.0. The first-order valence-electron chi connectivity index (χ1n) is 8.70.